The van der Waals surface area contributed by atoms with Crippen molar-refractivity contribution in [3.63, 3.8) is 0 Å². The van der Waals surface area contributed by atoms with Crippen LogP contribution >= 0.6 is 0 Å². The molecular formula is C16H28O. The summed E-state index contributed by atoms with van der Waals surface area (Å²) in [6.07, 6.45) is 10.1. The summed E-state index contributed by atoms with van der Waals surface area (Å²) in [6.45, 7) is 6.95. The maximum absolute atomic E-state index is 12.3. The maximum Gasteiger partial charge on any atom is 0.136 e. The van der Waals surface area contributed by atoms with Crippen LogP contribution in [0.5, 0.6) is 0 Å². The van der Waals surface area contributed by atoms with E-state index in [-0.39, 0.29) is 5.41 Å². The lowest BCUT2D eigenvalue weighted by molar-refractivity contribution is -0.132. The van der Waals surface area contributed by atoms with Crippen molar-refractivity contribution in [1.82, 2.24) is 0 Å². The number of hydrogen-bond donors (Lipinski definition) is 0. The monoisotopic (exact) mass is 236 g/mol. The van der Waals surface area contributed by atoms with Gasteiger partial charge in [-0.25, -0.2) is 0 Å². The average Bonchev–Trinajstić information content (AvgIpc) is 2.29. The van der Waals surface area contributed by atoms with E-state index in [0.29, 0.717) is 17.6 Å². The van der Waals surface area contributed by atoms with Gasteiger partial charge in [0, 0.05) is 12.3 Å². The molecule has 0 aromatic rings. The van der Waals surface area contributed by atoms with Crippen molar-refractivity contribution in [3.8, 4) is 0 Å². The van der Waals surface area contributed by atoms with Crippen LogP contribution in [0.15, 0.2) is 0 Å². The van der Waals surface area contributed by atoms with E-state index in [9.17, 15) is 4.79 Å². The van der Waals surface area contributed by atoms with Gasteiger partial charge in [0.1, 0.15) is 5.78 Å². The SMILES string of the molecule is CC1CCC(C(C)(C)C2CCCCC2)C(=O)C1. The second-order valence-electron chi connectivity index (χ2n) is 7.06. The summed E-state index contributed by atoms with van der Waals surface area (Å²) < 4.78 is 0. The Balaban J connectivity index is 2.05. The highest BCUT2D eigenvalue weighted by atomic mass is 16.1. The van der Waals surface area contributed by atoms with Crippen LogP contribution in [0.3, 0.4) is 0 Å². The summed E-state index contributed by atoms with van der Waals surface area (Å²) in [7, 11) is 0. The molecule has 2 rings (SSSR count). The van der Waals surface area contributed by atoms with E-state index in [1.165, 1.54) is 38.5 Å². The molecule has 0 spiro atoms. The first kappa shape index (κ1) is 13.1. The van der Waals surface area contributed by atoms with E-state index in [4.69, 9.17) is 0 Å². The van der Waals surface area contributed by atoms with Crippen molar-refractivity contribution in [2.75, 3.05) is 0 Å². The van der Waals surface area contributed by atoms with E-state index >= 15 is 0 Å². The maximum atomic E-state index is 12.3. The van der Waals surface area contributed by atoms with Crippen molar-refractivity contribution in [2.45, 2.75) is 72.1 Å². The molecular weight excluding hydrogens is 208 g/mol. The Morgan fingerprint density at radius 3 is 2.24 bits per heavy atom. The smallest absolute Gasteiger partial charge is 0.136 e. The van der Waals surface area contributed by atoms with E-state index < -0.39 is 0 Å². The van der Waals surface area contributed by atoms with E-state index in [2.05, 4.69) is 20.8 Å². The molecule has 2 fully saturated rings. The van der Waals surface area contributed by atoms with Crippen LogP contribution in [-0.4, -0.2) is 5.78 Å². The summed E-state index contributed by atoms with van der Waals surface area (Å²) in [5, 5.41) is 0. The van der Waals surface area contributed by atoms with Crippen molar-refractivity contribution in [3.05, 3.63) is 0 Å². The average molecular weight is 236 g/mol. The molecule has 2 aliphatic carbocycles. The Labute approximate surface area is 106 Å². The van der Waals surface area contributed by atoms with E-state index in [1.807, 2.05) is 0 Å². The zero-order valence-corrected chi connectivity index (χ0v) is 11.8. The quantitative estimate of drug-likeness (QED) is 0.685. The minimum absolute atomic E-state index is 0.248. The molecule has 0 amide bonds. The molecule has 0 heterocycles. The molecule has 2 atom stereocenters. The summed E-state index contributed by atoms with van der Waals surface area (Å²) in [4.78, 5) is 12.3. The van der Waals surface area contributed by atoms with Crippen molar-refractivity contribution >= 4 is 5.78 Å². The van der Waals surface area contributed by atoms with Gasteiger partial charge < -0.3 is 0 Å². The van der Waals surface area contributed by atoms with E-state index in [1.54, 1.807) is 0 Å². The molecule has 0 N–H and O–H groups in total. The first-order chi connectivity index (χ1) is 8.01. The topological polar surface area (TPSA) is 17.1 Å². The Kier molecular flexibility index (Phi) is 3.95. The van der Waals surface area contributed by atoms with Crippen LogP contribution in [0, 0.1) is 23.2 Å². The highest BCUT2D eigenvalue weighted by Gasteiger charge is 2.42. The van der Waals surface area contributed by atoms with Crippen LogP contribution < -0.4 is 0 Å². The minimum atomic E-state index is 0.248. The van der Waals surface area contributed by atoms with Gasteiger partial charge in [-0.1, -0.05) is 40.0 Å². The fourth-order valence-corrected chi connectivity index (χ4v) is 4.12. The number of rotatable bonds is 2. The van der Waals surface area contributed by atoms with Gasteiger partial charge in [0.25, 0.3) is 0 Å². The first-order valence-corrected chi connectivity index (χ1v) is 7.54. The van der Waals surface area contributed by atoms with Gasteiger partial charge in [-0.05, 0) is 42.9 Å². The number of carbonyl (C=O) groups excluding carboxylic acids is 1. The summed E-state index contributed by atoms with van der Waals surface area (Å²) in [5.41, 5.74) is 0.248. The standard InChI is InChI=1S/C16H28O/c1-12-9-10-14(15(17)11-12)16(2,3)13-7-5-4-6-8-13/h12-14H,4-11H2,1-3H3. The second kappa shape index (κ2) is 5.12. The first-order valence-electron chi connectivity index (χ1n) is 7.54. The molecule has 0 aromatic heterocycles. The molecule has 1 heteroatoms. The molecule has 2 aliphatic rings. The molecule has 17 heavy (non-hydrogen) atoms. The van der Waals surface area contributed by atoms with Crippen molar-refractivity contribution in [1.29, 1.82) is 0 Å². The summed E-state index contributed by atoms with van der Waals surface area (Å²) in [5.74, 6) is 2.32. The van der Waals surface area contributed by atoms with Gasteiger partial charge in [-0.3, -0.25) is 4.79 Å². The Morgan fingerprint density at radius 1 is 1.00 bits per heavy atom. The third-order valence-electron chi connectivity index (χ3n) is 5.44. The highest BCUT2D eigenvalue weighted by molar-refractivity contribution is 5.82. The summed E-state index contributed by atoms with van der Waals surface area (Å²) >= 11 is 0. The molecule has 0 aromatic carbocycles. The Morgan fingerprint density at radius 2 is 1.65 bits per heavy atom. The Bertz CT molecular complexity index is 273. The Hall–Kier alpha value is -0.330. The number of carbonyl (C=O) groups is 1. The lowest BCUT2D eigenvalue weighted by Gasteiger charge is -2.44. The van der Waals surface area contributed by atoms with Crippen LogP contribution in [0.2, 0.25) is 0 Å². The fourth-order valence-electron chi connectivity index (χ4n) is 4.12. The minimum Gasteiger partial charge on any atom is -0.299 e. The predicted molar refractivity (Wildman–Crippen MR) is 71.9 cm³/mol. The van der Waals surface area contributed by atoms with Crippen LogP contribution in [0.4, 0.5) is 0 Å². The lowest BCUT2D eigenvalue weighted by atomic mass is 9.60. The molecule has 98 valence electrons. The molecule has 0 aliphatic heterocycles. The van der Waals surface area contributed by atoms with Gasteiger partial charge in [0.2, 0.25) is 0 Å². The van der Waals surface area contributed by atoms with Crippen molar-refractivity contribution < 1.29 is 4.79 Å². The van der Waals surface area contributed by atoms with Crippen LogP contribution in [-0.2, 0) is 4.79 Å². The molecule has 0 bridgehead atoms. The van der Waals surface area contributed by atoms with Gasteiger partial charge in [-0.2, -0.15) is 0 Å². The third-order valence-corrected chi connectivity index (χ3v) is 5.44. The molecule has 2 unspecified atom stereocenters. The summed E-state index contributed by atoms with van der Waals surface area (Å²) in [6, 6.07) is 0. The van der Waals surface area contributed by atoms with Gasteiger partial charge in [-0.15, -0.1) is 0 Å². The van der Waals surface area contributed by atoms with Gasteiger partial charge in [0.05, 0.1) is 0 Å². The largest absolute Gasteiger partial charge is 0.299 e. The molecule has 2 saturated carbocycles. The number of Topliss-reactive ketones (excluding diaryl/α,β-unsaturated/α-hetero) is 1. The molecule has 0 saturated heterocycles. The van der Waals surface area contributed by atoms with Gasteiger partial charge >= 0.3 is 0 Å². The van der Waals surface area contributed by atoms with Crippen LogP contribution in [0.25, 0.3) is 0 Å². The van der Waals surface area contributed by atoms with Crippen molar-refractivity contribution in [2.24, 2.45) is 23.2 Å². The van der Waals surface area contributed by atoms with Gasteiger partial charge in [0.15, 0.2) is 0 Å². The molecule has 1 nitrogen and oxygen atoms in total. The highest BCUT2D eigenvalue weighted by Crippen LogP contribution is 2.47. The van der Waals surface area contributed by atoms with Crippen LogP contribution in [0.1, 0.15) is 72.1 Å². The molecule has 0 radical (unpaired) electrons. The number of hydrogen-bond acceptors (Lipinski definition) is 1. The number of ketones is 1. The predicted octanol–water partition coefficient (Wildman–Crippen LogP) is 4.60. The normalized spacial score (nSPS) is 32.8. The fraction of sp³-hybridized carbons (Fsp3) is 0.938. The zero-order valence-electron chi connectivity index (χ0n) is 11.8. The lowest BCUT2D eigenvalue weighted by Crippen LogP contribution is -2.41. The third kappa shape index (κ3) is 2.74. The second-order valence-corrected chi connectivity index (χ2v) is 7.06. The van der Waals surface area contributed by atoms with E-state index in [0.717, 1.165) is 18.8 Å². The zero-order chi connectivity index (χ0) is 12.5.